The molecule has 0 saturated carbocycles. The van der Waals surface area contributed by atoms with Crippen LogP contribution in [-0.2, 0) is 0 Å². The number of amides is 1. The summed E-state index contributed by atoms with van der Waals surface area (Å²) in [7, 11) is 0. The molecule has 0 radical (unpaired) electrons. The topological polar surface area (TPSA) is 46.3 Å². The molecule has 0 bridgehead atoms. The van der Waals surface area contributed by atoms with Crippen molar-refractivity contribution in [3.05, 3.63) is 64.0 Å². The lowest BCUT2D eigenvalue weighted by atomic mass is 10.2. The number of anilines is 2. The first-order valence-electron chi connectivity index (χ1n) is 6.54. The molecule has 5 heteroatoms. The van der Waals surface area contributed by atoms with Gasteiger partial charge in [0.1, 0.15) is 0 Å². The van der Waals surface area contributed by atoms with Gasteiger partial charge in [-0.25, -0.2) is 4.90 Å². The van der Waals surface area contributed by atoms with Crippen LogP contribution >= 0.6 is 11.3 Å². The second-order valence-electron chi connectivity index (χ2n) is 4.65. The Morgan fingerprint density at radius 3 is 2.48 bits per heavy atom. The van der Waals surface area contributed by atoms with E-state index < -0.39 is 0 Å². The van der Waals surface area contributed by atoms with Crippen molar-refractivity contribution in [2.24, 2.45) is 0 Å². The third-order valence-electron chi connectivity index (χ3n) is 3.29. The average molecular weight is 298 g/mol. The van der Waals surface area contributed by atoms with Gasteiger partial charge in [0.25, 0.3) is 5.91 Å². The number of carbonyl (C=O) groups is 1. The highest BCUT2D eigenvalue weighted by Crippen LogP contribution is 2.32. The first kappa shape index (κ1) is 13.6. The van der Waals surface area contributed by atoms with Crippen LogP contribution in [0.4, 0.5) is 11.6 Å². The van der Waals surface area contributed by atoms with E-state index in [0.29, 0.717) is 10.8 Å². The number of rotatable bonds is 3. The Labute approximate surface area is 126 Å². The van der Waals surface area contributed by atoms with E-state index in [-0.39, 0.29) is 5.91 Å². The number of hydrogen-bond acceptors (Lipinski definition) is 4. The lowest BCUT2D eigenvalue weighted by Gasteiger charge is -2.19. The fourth-order valence-corrected chi connectivity index (χ4v) is 2.68. The minimum atomic E-state index is -0.115. The van der Waals surface area contributed by atoms with E-state index in [2.05, 4.69) is 5.16 Å². The van der Waals surface area contributed by atoms with E-state index in [1.165, 1.54) is 11.3 Å². The van der Waals surface area contributed by atoms with Crippen molar-refractivity contribution in [2.45, 2.75) is 13.8 Å². The van der Waals surface area contributed by atoms with E-state index in [1.54, 1.807) is 4.90 Å². The summed E-state index contributed by atoms with van der Waals surface area (Å²) in [4.78, 5) is 15.0. The van der Waals surface area contributed by atoms with Crippen LogP contribution in [0.5, 0.6) is 0 Å². The fraction of sp³-hybridized carbons (Fsp3) is 0.125. The maximum atomic E-state index is 12.8. The van der Waals surface area contributed by atoms with Gasteiger partial charge in [-0.15, -0.1) is 11.3 Å². The molecular weight excluding hydrogens is 284 g/mol. The van der Waals surface area contributed by atoms with Crippen LogP contribution in [0.2, 0.25) is 0 Å². The number of hydrogen-bond donors (Lipinski definition) is 0. The molecule has 0 saturated heterocycles. The number of aromatic nitrogens is 1. The summed E-state index contributed by atoms with van der Waals surface area (Å²) in [5.74, 6) is 0.354. The maximum Gasteiger partial charge on any atom is 0.275 e. The van der Waals surface area contributed by atoms with Gasteiger partial charge in [0.05, 0.1) is 16.3 Å². The molecule has 0 aliphatic carbocycles. The van der Waals surface area contributed by atoms with Gasteiger partial charge in [0, 0.05) is 5.56 Å². The molecule has 0 atom stereocenters. The van der Waals surface area contributed by atoms with E-state index in [0.717, 1.165) is 16.9 Å². The minimum absolute atomic E-state index is 0.115. The first-order chi connectivity index (χ1) is 10.2. The zero-order valence-corrected chi connectivity index (χ0v) is 12.6. The number of carbonyl (C=O) groups excluding carboxylic acids is 1. The monoisotopic (exact) mass is 298 g/mol. The lowest BCUT2D eigenvalue weighted by Crippen LogP contribution is -2.25. The number of para-hydroxylation sites is 1. The van der Waals surface area contributed by atoms with Crippen molar-refractivity contribution in [2.75, 3.05) is 4.90 Å². The Hall–Kier alpha value is -2.40. The lowest BCUT2D eigenvalue weighted by molar-refractivity contribution is 0.0998. The van der Waals surface area contributed by atoms with Gasteiger partial charge in [0.15, 0.2) is 0 Å². The van der Waals surface area contributed by atoms with Crippen LogP contribution < -0.4 is 4.90 Å². The zero-order chi connectivity index (χ0) is 14.8. The molecule has 106 valence electrons. The quantitative estimate of drug-likeness (QED) is 0.723. The second-order valence-corrected chi connectivity index (χ2v) is 5.60. The Kier molecular flexibility index (Phi) is 3.58. The van der Waals surface area contributed by atoms with Crippen molar-refractivity contribution < 1.29 is 9.32 Å². The number of nitrogens with zero attached hydrogens (tertiary/aromatic N) is 2. The molecule has 4 nitrogen and oxygen atoms in total. The highest BCUT2D eigenvalue weighted by Gasteiger charge is 2.26. The maximum absolute atomic E-state index is 12.8. The van der Waals surface area contributed by atoms with Crippen molar-refractivity contribution in [3.8, 4) is 0 Å². The molecule has 0 fully saturated rings. The zero-order valence-electron chi connectivity index (χ0n) is 11.7. The Balaban J connectivity index is 2.12. The van der Waals surface area contributed by atoms with Crippen molar-refractivity contribution in [3.63, 3.8) is 0 Å². The molecule has 2 aromatic heterocycles. The van der Waals surface area contributed by atoms with Gasteiger partial charge >= 0.3 is 0 Å². The Bertz CT molecular complexity index is 748. The molecule has 3 rings (SSSR count). The molecule has 1 aromatic carbocycles. The SMILES string of the molecule is Cc1noc(N(C(=O)c2cccs2)c2ccccc2)c1C. The van der Waals surface area contributed by atoms with E-state index in [4.69, 9.17) is 4.52 Å². The summed E-state index contributed by atoms with van der Waals surface area (Å²) in [6.45, 7) is 3.76. The fourth-order valence-electron chi connectivity index (χ4n) is 2.03. The molecule has 0 N–H and O–H groups in total. The van der Waals surface area contributed by atoms with Gasteiger partial charge in [-0.05, 0) is 37.4 Å². The van der Waals surface area contributed by atoms with Crippen LogP contribution in [0, 0.1) is 13.8 Å². The summed E-state index contributed by atoms with van der Waals surface area (Å²) in [5.41, 5.74) is 2.41. The van der Waals surface area contributed by atoms with Crippen LogP contribution in [-0.4, -0.2) is 11.1 Å². The van der Waals surface area contributed by atoms with Gasteiger partial charge in [0.2, 0.25) is 5.88 Å². The minimum Gasteiger partial charge on any atom is -0.337 e. The summed E-state index contributed by atoms with van der Waals surface area (Å²) < 4.78 is 5.39. The normalized spacial score (nSPS) is 10.6. The number of aryl methyl sites for hydroxylation is 1. The molecule has 0 aliphatic rings. The molecule has 2 heterocycles. The van der Waals surface area contributed by atoms with E-state index in [1.807, 2.05) is 61.7 Å². The van der Waals surface area contributed by atoms with Crippen molar-refractivity contribution in [1.82, 2.24) is 5.16 Å². The van der Waals surface area contributed by atoms with Gasteiger partial charge in [-0.1, -0.05) is 29.4 Å². The van der Waals surface area contributed by atoms with Crippen LogP contribution in [0.3, 0.4) is 0 Å². The summed E-state index contributed by atoms with van der Waals surface area (Å²) >= 11 is 1.41. The van der Waals surface area contributed by atoms with Crippen molar-refractivity contribution in [1.29, 1.82) is 0 Å². The van der Waals surface area contributed by atoms with Crippen LogP contribution in [0.1, 0.15) is 20.9 Å². The smallest absolute Gasteiger partial charge is 0.275 e. The third kappa shape index (κ3) is 2.48. The highest BCUT2D eigenvalue weighted by atomic mass is 32.1. The van der Waals surface area contributed by atoms with Crippen molar-refractivity contribution >= 4 is 28.8 Å². The predicted molar refractivity (Wildman–Crippen MR) is 83.2 cm³/mol. The Morgan fingerprint density at radius 2 is 1.90 bits per heavy atom. The molecular formula is C16H14N2O2S. The summed E-state index contributed by atoms with van der Waals surface area (Å²) in [5, 5.41) is 5.84. The number of benzene rings is 1. The molecule has 0 aliphatic heterocycles. The van der Waals surface area contributed by atoms with Crippen LogP contribution in [0.15, 0.2) is 52.4 Å². The molecule has 0 unspecified atom stereocenters. The van der Waals surface area contributed by atoms with Crippen LogP contribution in [0.25, 0.3) is 0 Å². The third-order valence-corrected chi connectivity index (χ3v) is 4.14. The first-order valence-corrected chi connectivity index (χ1v) is 7.42. The second kappa shape index (κ2) is 5.54. The molecule has 3 aromatic rings. The molecule has 21 heavy (non-hydrogen) atoms. The highest BCUT2D eigenvalue weighted by molar-refractivity contribution is 7.12. The summed E-state index contributed by atoms with van der Waals surface area (Å²) in [6, 6.07) is 13.1. The number of thiophene rings is 1. The largest absolute Gasteiger partial charge is 0.337 e. The van der Waals surface area contributed by atoms with E-state index in [9.17, 15) is 4.79 Å². The van der Waals surface area contributed by atoms with Gasteiger partial charge < -0.3 is 4.52 Å². The summed E-state index contributed by atoms with van der Waals surface area (Å²) in [6.07, 6.45) is 0. The molecule has 1 amide bonds. The standard InChI is InChI=1S/C16H14N2O2S/c1-11-12(2)17-20-16(11)18(13-7-4-3-5-8-13)15(19)14-9-6-10-21-14/h3-10H,1-2H3. The molecule has 0 spiro atoms. The predicted octanol–water partition coefficient (Wildman–Crippen LogP) is 4.33. The van der Waals surface area contributed by atoms with Gasteiger partial charge in [-0.2, -0.15) is 0 Å². The Morgan fingerprint density at radius 1 is 1.14 bits per heavy atom. The van der Waals surface area contributed by atoms with Gasteiger partial charge in [-0.3, -0.25) is 4.79 Å². The van der Waals surface area contributed by atoms with E-state index >= 15 is 0 Å². The average Bonchev–Trinajstić information content (AvgIpc) is 3.14.